The van der Waals surface area contributed by atoms with E-state index >= 15 is 0 Å². The van der Waals surface area contributed by atoms with Crippen molar-refractivity contribution in [1.82, 2.24) is 5.32 Å². The standard InChI is InChI=1S/C10H19N2/c1-9(2,3)11-7-8-12-10(4,5)6/h7H,1-6H3. The van der Waals surface area contributed by atoms with E-state index in [0.717, 1.165) is 0 Å². The van der Waals surface area contributed by atoms with E-state index in [-0.39, 0.29) is 11.1 Å². The summed E-state index contributed by atoms with van der Waals surface area (Å²) in [5, 5.41) is 4.23. The molecule has 1 radical (unpaired) electrons. The van der Waals surface area contributed by atoms with Gasteiger partial charge in [-0.3, -0.25) is 5.32 Å². The van der Waals surface area contributed by atoms with E-state index in [4.69, 9.17) is 0 Å². The fraction of sp³-hybridized carbons (Fsp3) is 0.800. The third-order valence-corrected chi connectivity index (χ3v) is 0.910. The van der Waals surface area contributed by atoms with Crippen molar-refractivity contribution in [2.75, 3.05) is 0 Å². The maximum absolute atomic E-state index is 4.23. The van der Waals surface area contributed by atoms with Gasteiger partial charge in [-0.25, -0.2) is 4.99 Å². The molecule has 0 aliphatic carbocycles. The molecule has 12 heavy (non-hydrogen) atoms. The summed E-state index contributed by atoms with van der Waals surface area (Å²) in [4.78, 5) is 4.16. The van der Waals surface area contributed by atoms with Gasteiger partial charge in [0.15, 0.2) is 0 Å². The summed E-state index contributed by atoms with van der Waals surface area (Å²) in [6, 6.07) is 0. The largest absolute Gasteiger partial charge is 0.277 e. The number of nitrogens with zero attached hydrogens (tertiary/aromatic N) is 2. The minimum absolute atomic E-state index is 0.0274. The second kappa shape index (κ2) is 3.77. The summed E-state index contributed by atoms with van der Waals surface area (Å²) in [6.07, 6.45) is 1.64. The molecule has 0 saturated heterocycles. The molecule has 0 fully saturated rings. The van der Waals surface area contributed by atoms with Gasteiger partial charge in [-0.15, -0.1) is 0 Å². The van der Waals surface area contributed by atoms with E-state index in [0.29, 0.717) is 0 Å². The molecule has 0 aromatic heterocycles. The monoisotopic (exact) mass is 167 g/mol. The van der Waals surface area contributed by atoms with E-state index < -0.39 is 0 Å². The summed E-state index contributed by atoms with van der Waals surface area (Å²) in [6.45, 7) is 12.2. The number of rotatable bonds is 1. The zero-order chi connectivity index (χ0) is 9.83. The Bertz CT molecular complexity index is 185. The SMILES string of the molecule is CC(C)(C)[N]C=C=NC(C)(C)C. The van der Waals surface area contributed by atoms with Crippen molar-refractivity contribution >= 4 is 5.87 Å². The van der Waals surface area contributed by atoms with Crippen molar-refractivity contribution in [2.45, 2.75) is 52.6 Å². The Kier molecular flexibility index (Phi) is 3.54. The van der Waals surface area contributed by atoms with E-state index in [1.807, 2.05) is 41.5 Å². The average Bonchev–Trinajstić information content (AvgIpc) is 1.76. The van der Waals surface area contributed by atoms with Crippen LogP contribution < -0.4 is 5.32 Å². The third kappa shape index (κ3) is 9.25. The van der Waals surface area contributed by atoms with Crippen molar-refractivity contribution < 1.29 is 0 Å². The van der Waals surface area contributed by atoms with Crippen molar-refractivity contribution in [3.05, 3.63) is 6.20 Å². The van der Waals surface area contributed by atoms with E-state index in [9.17, 15) is 0 Å². The molecule has 0 amide bonds. The quantitative estimate of drug-likeness (QED) is 0.536. The summed E-state index contributed by atoms with van der Waals surface area (Å²) in [5.41, 5.74) is -0.0791. The highest BCUT2D eigenvalue weighted by atomic mass is 14.9. The first-order valence-electron chi connectivity index (χ1n) is 4.22. The topological polar surface area (TPSA) is 26.5 Å². The van der Waals surface area contributed by atoms with Gasteiger partial charge >= 0.3 is 0 Å². The molecule has 0 N–H and O–H groups in total. The molecule has 0 atom stereocenters. The van der Waals surface area contributed by atoms with Crippen molar-refractivity contribution in [3.8, 4) is 0 Å². The van der Waals surface area contributed by atoms with Crippen molar-refractivity contribution in [1.29, 1.82) is 0 Å². The predicted molar refractivity (Wildman–Crippen MR) is 53.6 cm³/mol. The smallest absolute Gasteiger partial charge is 0.0828 e. The zero-order valence-electron chi connectivity index (χ0n) is 8.97. The first-order chi connectivity index (χ1) is 5.21. The van der Waals surface area contributed by atoms with Gasteiger partial charge in [0.2, 0.25) is 0 Å². The van der Waals surface area contributed by atoms with Crippen LogP contribution in [0.4, 0.5) is 0 Å². The molecule has 2 nitrogen and oxygen atoms in total. The second-order valence-corrected chi connectivity index (χ2v) is 4.84. The molecule has 0 aliphatic rings. The molecule has 0 spiro atoms. The van der Waals surface area contributed by atoms with Gasteiger partial charge in [0.25, 0.3) is 0 Å². The van der Waals surface area contributed by atoms with Crippen LogP contribution in [-0.4, -0.2) is 16.9 Å². The number of aliphatic imine (C=N–C) groups is 1. The predicted octanol–water partition coefficient (Wildman–Crippen LogP) is 2.37. The Balaban J connectivity index is 4.01. The minimum atomic E-state index is -0.0517. The van der Waals surface area contributed by atoms with Gasteiger partial charge < -0.3 is 0 Å². The van der Waals surface area contributed by atoms with Gasteiger partial charge in [0.05, 0.1) is 17.3 Å². The molecule has 0 aromatic rings. The van der Waals surface area contributed by atoms with Crippen LogP contribution in [0.3, 0.4) is 0 Å². The van der Waals surface area contributed by atoms with Gasteiger partial charge in [-0.1, -0.05) is 0 Å². The van der Waals surface area contributed by atoms with Crippen LogP contribution in [0.1, 0.15) is 41.5 Å². The second-order valence-electron chi connectivity index (χ2n) is 4.84. The Morgan fingerprint density at radius 1 is 0.917 bits per heavy atom. The lowest BCUT2D eigenvalue weighted by atomic mass is 10.1. The highest BCUT2D eigenvalue weighted by Crippen LogP contribution is 2.04. The minimum Gasteiger partial charge on any atom is -0.277 e. The van der Waals surface area contributed by atoms with Crippen molar-refractivity contribution in [3.63, 3.8) is 0 Å². The normalized spacial score (nSPS) is 11.8. The van der Waals surface area contributed by atoms with Crippen LogP contribution in [0.15, 0.2) is 11.2 Å². The fourth-order valence-corrected chi connectivity index (χ4v) is 0.445. The van der Waals surface area contributed by atoms with Crippen molar-refractivity contribution in [2.24, 2.45) is 4.99 Å². The Labute approximate surface area is 75.8 Å². The summed E-state index contributed by atoms with van der Waals surface area (Å²) >= 11 is 0. The van der Waals surface area contributed by atoms with E-state index in [1.54, 1.807) is 6.20 Å². The van der Waals surface area contributed by atoms with E-state index in [2.05, 4.69) is 16.2 Å². The maximum Gasteiger partial charge on any atom is 0.0828 e. The highest BCUT2D eigenvalue weighted by Gasteiger charge is 2.07. The molecular weight excluding hydrogens is 148 g/mol. The zero-order valence-corrected chi connectivity index (χ0v) is 8.97. The molecule has 0 unspecified atom stereocenters. The van der Waals surface area contributed by atoms with Gasteiger partial charge in [0.1, 0.15) is 0 Å². The first-order valence-corrected chi connectivity index (χ1v) is 4.22. The molecule has 0 bridgehead atoms. The van der Waals surface area contributed by atoms with Gasteiger partial charge in [-0.05, 0) is 41.5 Å². The lowest BCUT2D eigenvalue weighted by Crippen LogP contribution is -2.24. The van der Waals surface area contributed by atoms with Crippen LogP contribution in [0, 0.1) is 0 Å². The molecule has 2 heteroatoms. The fourth-order valence-electron chi connectivity index (χ4n) is 0.445. The highest BCUT2D eigenvalue weighted by molar-refractivity contribution is 5.51. The molecule has 0 aliphatic heterocycles. The molecular formula is C10H19N2. The van der Waals surface area contributed by atoms with Gasteiger partial charge in [0, 0.05) is 5.87 Å². The lowest BCUT2D eigenvalue weighted by Gasteiger charge is -2.14. The lowest BCUT2D eigenvalue weighted by molar-refractivity contribution is 0.483. The molecule has 69 valence electrons. The number of hydrogen-bond donors (Lipinski definition) is 0. The molecule has 0 rings (SSSR count). The summed E-state index contributed by atoms with van der Waals surface area (Å²) < 4.78 is 0. The van der Waals surface area contributed by atoms with Crippen LogP contribution in [-0.2, 0) is 0 Å². The first kappa shape index (κ1) is 11.2. The average molecular weight is 167 g/mol. The summed E-state index contributed by atoms with van der Waals surface area (Å²) in [5.74, 6) is 2.82. The Morgan fingerprint density at radius 2 is 1.42 bits per heavy atom. The molecule has 0 heterocycles. The summed E-state index contributed by atoms with van der Waals surface area (Å²) in [7, 11) is 0. The van der Waals surface area contributed by atoms with Crippen LogP contribution in [0.25, 0.3) is 0 Å². The van der Waals surface area contributed by atoms with Gasteiger partial charge in [-0.2, -0.15) is 0 Å². The maximum atomic E-state index is 4.23. The van der Waals surface area contributed by atoms with E-state index in [1.165, 1.54) is 0 Å². The Hall–Kier alpha value is -0.750. The van der Waals surface area contributed by atoms with Crippen LogP contribution in [0.5, 0.6) is 0 Å². The third-order valence-electron chi connectivity index (χ3n) is 0.910. The van der Waals surface area contributed by atoms with Crippen LogP contribution >= 0.6 is 0 Å². The van der Waals surface area contributed by atoms with Crippen LogP contribution in [0.2, 0.25) is 0 Å². The Morgan fingerprint density at radius 3 is 1.75 bits per heavy atom. The number of hydrogen-bond acceptors (Lipinski definition) is 1. The molecule has 0 aromatic carbocycles. The molecule has 0 saturated carbocycles.